The van der Waals surface area contributed by atoms with Gasteiger partial charge in [-0.25, -0.2) is 0 Å². The van der Waals surface area contributed by atoms with Crippen molar-refractivity contribution in [1.29, 1.82) is 0 Å². The van der Waals surface area contributed by atoms with Gasteiger partial charge >= 0.3 is 0 Å². The third kappa shape index (κ3) is 4.00. The number of nitrogens with zero attached hydrogens (tertiary/aromatic N) is 1. The molecule has 2 aliphatic carbocycles. The predicted octanol–water partition coefficient (Wildman–Crippen LogP) is 3.04. The average molecular weight is 294 g/mol. The summed E-state index contributed by atoms with van der Waals surface area (Å²) in [6.07, 6.45) is 11.3. The second-order valence-electron chi connectivity index (χ2n) is 7.64. The molecule has 21 heavy (non-hydrogen) atoms. The van der Waals surface area contributed by atoms with Crippen LogP contribution in [0.25, 0.3) is 0 Å². The minimum Gasteiger partial charge on any atom is -0.385 e. The van der Waals surface area contributed by atoms with Gasteiger partial charge in [0.2, 0.25) is 0 Å². The minimum atomic E-state index is 0.667. The summed E-state index contributed by atoms with van der Waals surface area (Å²) in [7, 11) is 1.83. The molecule has 1 saturated heterocycles. The van der Waals surface area contributed by atoms with Gasteiger partial charge in [0, 0.05) is 44.9 Å². The second-order valence-corrected chi connectivity index (χ2v) is 7.64. The number of hydrogen-bond acceptors (Lipinski definition) is 3. The number of methoxy groups -OCH3 is 1. The zero-order chi connectivity index (χ0) is 14.7. The molecule has 3 fully saturated rings. The van der Waals surface area contributed by atoms with E-state index in [1.165, 1.54) is 64.5 Å². The van der Waals surface area contributed by atoms with E-state index in [2.05, 4.69) is 17.1 Å². The van der Waals surface area contributed by atoms with Crippen LogP contribution in [0, 0.1) is 11.8 Å². The third-order valence-corrected chi connectivity index (χ3v) is 6.11. The van der Waals surface area contributed by atoms with E-state index in [9.17, 15) is 0 Å². The highest BCUT2D eigenvalue weighted by Crippen LogP contribution is 2.37. The standard InChI is InChI=1S/C18H34N2O/c1-14(10-11-21-2)20-13-17(15-8-9-15)19-12-18(20)16-6-4-3-5-7-16/h14-19H,3-13H2,1-2H3. The van der Waals surface area contributed by atoms with E-state index in [4.69, 9.17) is 4.74 Å². The molecule has 3 nitrogen and oxygen atoms in total. The maximum absolute atomic E-state index is 5.33. The summed E-state index contributed by atoms with van der Waals surface area (Å²) >= 11 is 0. The Morgan fingerprint density at radius 3 is 2.52 bits per heavy atom. The Balaban J connectivity index is 1.63. The van der Waals surface area contributed by atoms with Gasteiger partial charge in [-0.3, -0.25) is 4.90 Å². The first-order valence-electron chi connectivity index (χ1n) is 9.27. The van der Waals surface area contributed by atoms with Crippen molar-refractivity contribution >= 4 is 0 Å². The SMILES string of the molecule is COCCC(C)N1CC(C2CC2)NCC1C1CCCCC1. The normalized spacial score (nSPS) is 34.0. The highest BCUT2D eigenvalue weighted by atomic mass is 16.5. The largest absolute Gasteiger partial charge is 0.385 e. The van der Waals surface area contributed by atoms with Gasteiger partial charge in [-0.15, -0.1) is 0 Å². The first-order chi connectivity index (χ1) is 10.3. The Morgan fingerprint density at radius 2 is 1.86 bits per heavy atom. The molecule has 0 radical (unpaired) electrons. The van der Waals surface area contributed by atoms with Crippen LogP contribution in [0.5, 0.6) is 0 Å². The van der Waals surface area contributed by atoms with Gasteiger partial charge in [0.05, 0.1) is 0 Å². The van der Waals surface area contributed by atoms with Crippen LogP contribution in [0.1, 0.15) is 58.3 Å². The lowest BCUT2D eigenvalue weighted by molar-refractivity contribution is 0.0255. The van der Waals surface area contributed by atoms with Crippen LogP contribution >= 0.6 is 0 Å². The van der Waals surface area contributed by atoms with Crippen LogP contribution in [0.3, 0.4) is 0 Å². The molecule has 0 bridgehead atoms. The molecular weight excluding hydrogens is 260 g/mol. The number of piperazine rings is 1. The molecule has 1 N–H and O–H groups in total. The minimum absolute atomic E-state index is 0.667. The van der Waals surface area contributed by atoms with Gasteiger partial charge in [-0.1, -0.05) is 19.3 Å². The van der Waals surface area contributed by atoms with Crippen molar-refractivity contribution in [3.8, 4) is 0 Å². The number of hydrogen-bond donors (Lipinski definition) is 1. The van der Waals surface area contributed by atoms with E-state index >= 15 is 0 Å². The van der Waals surface area contributed by atoms with Gasteiger partial charge in [-0.2, -0.15) is 0 Å². The lowest BCUT2D eigenvalue weighted by Gasteiger charge is -2.48. The van der Waals surface area contributed by atoms with Crippen LogP contribution in [-0.4, -0.2) is 49.8 Å². The molecule has 3 rings (SSSR count). The monoisotopic (exact) mass is 294 g/mol. The molecule has 1 aliphatic heterocycles. The summed E-state index contributed by atoms with van der Waals surface area (Å²) in [6, 6.07) is 2.20. The summed E-state index contributed by atoms with van der Waals surface area (Å²) in [5.41, 5.74) is 0. The quantitative estimate of drug-likeness (QED) is 0.815. The molecular formula is C18H34N2O. The Kier molecular flexibility index (Phi) is 5.58. The van der Waals surface area contributed by atoms with Gasteiger partial charge in [0.1, 0.15) is 0 Å². The van der Waals surface area contributed by atoms with E-state index in [1.807, 2.05) is 7.11 Å². The van der Waals surface area contributed by atoms with E-state index in [-0.39, 0.29) is 0 Å². The van der Waals surface area contributed by atoms with Crippen molar-refractivity contribution in [1.82, 2.24) is 10.2 Å². The molecule has 3 unspecified atom stereocenters. The zero-order valence-corrected chi connectivity index (χ0v) is 14.0. The van der Waals surface area contributed by atoms with Gasteiger partial charge < -0.3 is 10.1 Å². The molecule has 3 heteroatoms. The van der Waals surface area contributed by atoms with Crippen molar-refractivity contribution in [3.05, 3.63) is 0 Å². The average Bonchev–Trinajstić information content (AvgIpc) is 3.38. The van der Waals surface area contributed by atoms with Crippen LogP contribution in [-0.2, 0) is 4.74 Å². The Hall–Kier alpha value is -0.120. The van der Waals surface area contributed by atoms with Crippen molar-refractivity contribution in [2.24, 2.45) is 11.8 Å². The predicted molar refractivity (Wildman–Crippen MR) is 87.5 cm³/mol. The van der Waals surface area contributed by atoms with Crippen LogP contribution in [0.4, 0.5) is 0 Å². The number of rotatable bonds is 6. The summed E-state index contributed by atoms with van der Waals surface area (Å²) in [5.74, 6) is 1.89. The summed E-state index contributed by atoms with van der Waals surface area (Å²) < 4.78 is 5.33. The smallest absolute Gasteiger partial charge is 0.0477 e. The van der Waals surface area contributed by atoms with Gasteiger partial charge in [-0.05, 0) is 50.9 Å². The molecule has 122 valence electrons. The fourth-order valence-corrected chi connectivity index (χ4v) is 4.55. The Bertz CT molecular complexity index is 312. The second kappa shape index (κ2) is 7.43. The summed E-state index contributed by atoms with van der Waals surface area (Å²) in [4.78, 5) is 2.86. The molecule has 2 saturated carbocycles. The van der Waals surface area contributed by atoms with Crippen molar-refractivity contribution in [2.45, 2.75) is 76.4 Å². The first kappa shape index (κ1) is 15.8. The van der Waals surface area contributed by atoms with E-state index in [0.717, 1.165) is 30.5 Å². The molecule has 0 aromatic heterocycles. The topological polar surface area (TPSA) is 24.5 Å². The molecule has 0 aromatic carbocycles. The number of ether oxygens (including phenoxy) is 1. The lowest BCUT2D eigenvalue weighted by Crippen LogP contribution is -2.62. The van der Waals surface area contributed by atoms with E-state index in [0.29, 0.717) is 6.04 Å². The molecule has 0 aromatic rings. The van der Waals surface area contributed by atoms with E-state index < -0.39 is 0 Å². The molecule has 0 spiro atoms. The van der Waals surface area contributed by atoms with E-state index in [1.54, 1.807) is 0 Å². The Morgan fingerprint density at radius 1 is 1.10 bits per heavy atom. The van der Waals surface area contributed by atoms with Crippen molar-refractivity contribution < 1.29 is 4.74 Å². The fourth-order valence-electron chi connectivity index (χ4n) is 4.55. The summed E-state index contributed by atoms with van der Waals surface area (Å²) in [6.45, 7) is 5.82. The maximum Gasteiger partial charge on any atom is 0.0477 e. The zero-order valence-electron chi connectivity index (χ0n) is 14.0. The molecule has 3 atom stereocenters. The third-order valence-electron chi connectivity index (χ3n) is 6.11. The van der Waals surface area contributed by atoms with Crippen molar-refractivity contribution in [2.75, 3.05) is 26.8 Å². The fraction of sp³-hybridized carbons (Fsp3) is 1.00. The maximum atomic E-state index is 5.33. The molecule has 3 aliphatic rings. The van der Waals surface area contributed by atoms with Gasteiger partial charge in [0.15, 0.2) is 0 Å². The molecule has 0 amide bonds. The van der Waals surface area contributed by atoms with Crippen LogP contribution in [0.2, 0.25) is 0 Å². The lowest BCUT2D eigenvalue weighted by atomic mass is 9.81. The Labute approximate surface area is 130 Å². The highest BCUT2D eigenvalue weighted by Gasteiger charge is 2.40. The van der Waals surface area contributed by atoms with Crippen LogP contribution in [0.15, 0.2) is 0 Å². The van der Waals surface area contributed by atoms with Gasteiger partial charge in [0.25, 0.3) is 0 Å². The summed E-state index contributed by atoms with van der Waals surface area (Å²) in [5, 5.41) is 3.90. The number of nitrogens with one attached hydrogen (secondary N) is 1. The van der Waals surface area contributed by atoms with Crippen molar-refractivity contribution in [3.63, 3.8) is 0 Å². The molecule has 1 heterocycles. The van der Waals surface area contributed by atoms with Crippen LogP contribution < -0.4 is 5.32 Å². The highest BCUT2D eigenvalue weighted by molar-refractivity contribution is 4.98. The first-order valence-corrected chi connectivity index (χ1v) is 9.27.